The predicted octanol–water partition coefficient (Wildman–Crippen LogP) is 4.71. The highest BCUT2D eigenvalue weighted by atomic mass is 35.5. The van der Waals surface area contributed by atoms with Crippen molar-refractivity contribution in [2.75, 3.05) is 26.6 Å². The van der Waals surface area contributed by atoms with Crippen LogP contribution in [0.25, 0.3) is 0 Å². The van der Waals surface area contributed by atoms with Crippen molar-refractivity contribution in [2.24, 2.45) is 0 Å². The lowest BCUT2D eigenvalue weighted by atomic mass is 10.1. The van der Waals surface area contributed by atoms with Crippen LogP contribution in [0.5, 0.6) is 17.2 Å². The number of hydrogen-bond donors (Lipinski definition) is 2. The first-order valence-electron chi connectivity index (χ1n) is 7.90. The molecule has 2 rings (SSSR count). The van der Waals surface area contributed by atoms with Crippen molar-refractivity contribution in [2.45, 2.75) is 12.7 Å². The molecule has 28 heavy (non-hydrogen) atoms. The zero-order valence-corrected chi connectivity index (χ0v) is 16.0. The third kappa shape index (κ3) is 5.13. The second kappa shape index (κ2) is 8.92. The Kier molecular flexibility index (Phi) is 6.85. The first-order chi connectivity index (χ1) is 13.2. The van der Waals surface area contributed by atoms with Crippen LogP contribution in [0.4, 0.5) is 23.7 Å². The van der Waals surface area contributed by atoms with E-state index in [2.05, 4.69) is 10.6 Å². The van der Waals surface area contributed by atoms with Crippen LogP contribution in [0.1, 0.15) is 11.1 Å². The van der Waals surface area contributed by atoms with E-state index in [0.717, 1.165) is 18.2 Å². The van der Waals surface area contributed by atoms with E-state index in [1.807, 2.05) is 0 Å². The monoisotopic (exact) mass is 418 g/mol. The summed E-state index contributed by atoms with van der Waals surface area (Å²) >= 11 is 5.86. The second-order valence-electron chi connectivity index (χ2n) is 5.53. The number of halogens is 4. The predicted molar refractivity (Wildman–Crippen MR) is 98.4 cm³/mol. The van der Waals surface area contributed by atoms with E-state index in [0.29, 0.717) is 22.8 Å². The summed E-state index contributed by atoms with van der Waals surface area (Å²) in [7, 11) is 4.37. The zero-order chi connectivity index (χ0) is 20.9. The lowest BCUT2D eigenvalue weighted by Gasteiger charge is -2.15. The summed E-state index contributed by atoms with van der Waals surface area (Å²) in [5.41, 5.74) is -0.449. The Labute approximate surface area is 164 Å². The maximum absolute atomic E-state index is 12.8. The quantitative estimate of drug-likeness (QED) is 0.713. The molecule has 6 nitrogen and oxygen atoms in total. The fourth-order valence-corrected chi connectivity index (χ4v) is 2.55. The van der Waals surface area contributed by atoms with Gasteiger partial charge in [-0.25, -0.2) is 4.79 Å². The molecule has 0 saturated heterocycles. The van der Waals surface area contributed by atoms with Crippen molar-refractivity contribution in [1.82, 2.24) is 5.32 Å². The molecule has 0 fully saturated rings. The van der Waals surface area contributed by atoms with Crippen LogP contribution < -0.4 is 24.8 Å². The van der Waals surface area contributed by atoms with E-state index in [1.54, 1.807) is 12.1 Å². The Morgan fingerprint density at radius 2 is 1.64 bits per heavy atom. The minimum absolute atomic E-state index is 0.0177. The smallest absolute Gasteiger partial charge is 0.416 e. The van der Waals surface area contributed by atoms with Crippen LogP contribution in [-0.4, -0.2) is 27.4 Å². The maximum atomic E-state index is 12.8. The van der Waals surface area contributed by atoms with Gasteiger partial charge in [0.2, 0.25) is 5.75 Å². The van der Waals surface area contributed by atoms with Crippen molar-refractivity contribution in [3.63, 3.8) is 0 Å². The number of nitrogens with one attached hydrogen (secondary N) is 2. The molecular formula is C18H18ClF3N2O4. The molecule has 0 aliphatic carbocycles. The summed E-state index contributed by atoms with van der Waals surface area (Å²) in [6, 6.07) is 5.22. The highest BCUT2D eigenvalue weighted by Gasteiger charge is 2.31. The van der Waals surface area contributed by atoms with Crippen molar-refractivity contribution in [1.29, 1.82) is 0 Å². The van der Waals surface area contributed by atoms with Crippen LogP contribution in [0.15, 0.2) is 30.3 Å². The molecule has 0 radical (unpaired) electrons. The first kappa shape index (κ1) is 21.5. The summed E-state index contributed by atoms with van der Waals surface area (Å²) in [6.45, 7) is 0.0547. The fraction of sp³-hybridized carbons (Fsp3) is 0.278. The molecule has 0 bridgehead atoms. The van der Waals surface area contributed by atoms with Crippen LogP contribution in [0.3, 0.4) is 0 Å². The summed E-state index contributed by atoms with van der Waals surface area (Å²) in [4.78, 5) is 12.1. The largest absolute Gasteiger partial charge is 0.493 e. The van der Waals surface area contributed by atoms with Gasteiger partial charge in [0.15, 0.2) is 11.5 Å². The summed E-state index contributed by atoms with van der Waals surface area (Å²) in [5.74, 6) is 1.20. The van der Waals surface area contributed by atoms with Gasteiger partial charge in [0.25, 0.3) is 0 Å². The van der Waals surface area contributed by atoms with Gasteiger partial charge >= 0.3 is 12.2 Å². The fourth-order valence-electron chi connectivity index (χ4n) is 2.38. The number of rotatable bonds is 6. The van der Waals surface area contributed by atoms with Crippen molar-refractivity contribution >= 4 is 23.3 Å². The normalized spacial score (nSPS) is 11.0. The van der Waals surface area contributed by atoms with Crippen molar-refractivity contribution < 1.29 is 32.2 Å². The maximum Gasteiger partial charge on any atom is 0.416 e. The Bertz CT molecular complexity index is 834. The summed E-state index contributed by atoms with van der Waals surface area (Å²) in [5, 5.41) is 4.82. The molecular weight excluding hydrogens is 401 g/mol. The third-order valence-corrected chi connectivity index (χ3v) is 4.05. The van der Waals surface area contributed by atoms with Crippen LogP contribution in [0.2, 0.25) is 5.02 Å². The number of benzene rings is 2. The standard InChI is InChI=1S/C18H18ClF3N2O4/c1-26-14-6-10(7-15(27-2)16(14)28-3)9-23-17(25)24-13-8-11(18(20,21)22)4-5-12(13)19/h4-8H,9H2,1-3H3,(H2,23,24,25). The summed E-state index contributed by atoms with van der Waals surface area (Å²) < 4.78 is 54.1. The van der Waals surface area contributed by atoms with Crippen LogP contribution in [0, 0.1) is 0 Å². The molecule has 152 valence electrons. The number of carbonyl (C=O) groups is 1. The van der Waals surface area contributed by atoms with Gasteiger partial charge in [-0.15, -0.1) is 0 Å². The van der Waals surface area contributed by atoms with E-state index in [4.69, 9.17) is 25.8 Å². The topological polar surface area (TPSA) is 68.8 Å². The van der Waals surface area contributed by atoms with Gasteiger partial charge in [-0.1, -0.05) is 11.6 Å². The highest BCUT2D eigenvalue weighted by molar-refractivity contribution is 6.33. The van der Waals surface area contributed by atoms with Gasteiger partial charge < -0.3 is 24.8 Å². The first-order valence-corrected chi connectivity index (χ1v) is 8.27. The molecule has 10 heteroatoms. The number of alkyl halides is 3. The number of carbonyl (C=O) groups excluding carboxylic acids is 1. The lowest BCUT2D eigenvalue weighted by Crippen LogP contribution is -2.28. The van der Waals surface area contributed by atoms with E-state index >= 15 is 0 Å². The Hall–Kier alpha value is -2.81. The molecule has 0 saturated carbocycles. The van der Waals surface area contributed by atoms with Crippen molar-refractivity contribution in [3.05, 3.63) is 46.5 Å². The molecule has 2 N–H and O–H groups in total. The van der Waals surface area contributed by atoms with Gasteiger partial charge in [0, 0.05) is 6.54 Å². The lowest BCUT2D eigenvalue weighted by molar-refractivity contribution is -0.137. The van der Waals surface area contributed by atoms with E-state index in [9.17, 15) is 18.0 Å². The van der Waals surface area contributed by atoms with Crippen LogP contribution in [-0.2, 0) is 12.7 Å². The van der Waals surface area contributed by atoms with Gasteiger partial charge in [0.05, 0.1) is 37.6 Å². The molecule has 0 spiro atoms. The second-order valence-corrected chi connectivity index (χ2v) is 5.94. The van der Waals surface area contributed by atoms with Gasteiger partial charge in [-0.3, -0.25) is 0 Å². The van der Waals surface area contributed by atoms with E-state index in [1.165, 1.54) is 21.3 Å². The molecule has 2 aromatic carbocycles. The summed E-state index contributed by atoms with van der Waals surface area (Å²) in [6.07, 6.45) is -4.55. The van der Waals surface area contributed by atoms with Gasteiger partial charge in [0.1, 0.15) is 0 Å². The average Bonchev–Trinajstić information content (AvgIpc) is 2.66. The number of methoxy groups -OCH3 is 3. The molecule has 2 aromatic rings. The highest BCUT2D eigenvalue weighted by Crippen LogP contribution is 2.38. The van der Waals surface area contributed by atoms with Crippen LogP contribution >= 0.6 is 11.6 Å². The minimum Gasteiger partial charge on any atom is -0.493 e. The number of ether oxygens (including phenoxy) is 3. The van der Waals surface area contributed by atoms with E-state index < -0.39 is 17.8 Å². The SMILES string of the molecule is COc1cc(CNC(=O)Nc2cc(C(F)(F)F)ccc2Cl)cc(OC)c1OC. The molecule has 0 aliphatic heterocycles. The molecule has 0 aliphatic rings. The molecule has 2 amide bonds. The Balaban J connectivity index is 2.11. The number of urea groups is 1. The molecule has 0 unspecified atom stereocenters. The number of anilines is 1. The average molecular weight is 419 g/mol. The number of hydrogen-bond acceptors (Lipinski definition) is 4. The van der Waals surface area contributed by atoms with E-state index in [-0.39, 0.29) is 17.3 Å². The molecule has 0 heterocycles. The zero-order valence-electron chi connectivity index (χ0n) is 15.2. The Morgan fingerprint density at radius 1 is 1.04 bits per heavy atom. The molecule has 0 aromatic heterocycles. The third-order valence-electron chi connectivity index (χ3n) is 3.72. The Morgan fingerprint density at radius 3 is 2.14 bits per heavy atom. The minimum atomic E-state index is -4.55. The molecule has 0 atom stereocenters. The van der Waals surface area contributed by atoms with Gasteiger partial charge in [-0.2, -0.15) is 13.2 Å². The van der Waals surface area contributed by atoms with Gasteiger partial charge in [-0.05, 0) is 35.9 Å². The number of amides is 2. The van der Waals surface area contributed by atoms with Crippen molar-refractivity contribution in [3.8, 4) is 17.2 Å².